The van der Waals surface area contributed by atoms with Gasteiger partial charge in [0, 0.05) is 23.3 Å². The Morgan fingerprint density at radius 1 is 1.17 bits per heavy atom. The number of hydrogen-bond donors (Lipinski definition) is 1. The third-order valence-corrected chi connectivity index (χ3v) is 5.79. The fourth-order valence-electron chi connectivity index (χ4n) is 3.66. The smallest absolute Gasteiger partial charge is 0.189 e. The standard InChI is InChI=1S/C18H13FN4S/c19-12-3-1-11(2-4-12)16-15-8-24-6-5-13(15)14(7-20)17(23)18(16,9-21)10-22/h1-5,14-16,23H,6,8H2/t14-,15+,16+/m1/s1. The normalized spacial score (nSPS) is 27.8. The molecule has 24 heavy (non-hydrogen) atoms. The number of rotatable bonds is 1. The molecule has 0 aromatic heterocycles. The molecule has 2 aliphatic rings. The molecule has 0 saturated heterocycles. The number of fused-ring (bicyclic) bond motifs is 1. The molecule has 1 heterocycles. The minimum atomic E-state index is -1.71. The van der Waals surface area contributed by atoms with Crippen LogP contribution in [-0.4, -0.2) is 17.2 Å². The fourth-order valence-corrected chi connectivity index (χ4v) is 4.74. The Hall–Kier alpha value is -2.62. The third-order valence-electron chi connectivity index (χ3n) is 4.79. The second-order valence-electron chi connectivity index (χ2n) is 5.88. The van der Waals surface area contributed by atoms with Crippen LogP contribution in [0, 0.1) is 62.5 Å². The molecule has 1 aromatic carbocycles. The first-order chi connectivity index (χ1) is 11.6. The van der Waals surface area contributed by atoms with Gasteiger partial charge in [-0.25, -0.2) is 4.39 Å². The predicted molar refractivity (Wildman–Crippen MR) is 88.5 cm³/mol. The zero-order valence-corrected chi connectivity index (χ0v) is 13.5. The monoisotopic (exact) mass is 336 g/mol. The van der Waals surface area contributed by atoms with E-state index in [4.69, 9.17) is 5.41 Å². The van der Waals surface area contributed by atoms with E-state index in [1.165, 1.54) is 12.1 Å². The molecule has 1 aliphatic carbocycles. The summed E-state index contributed by atoms with van der Waals surface area (Å²) in [5.41, 5.74) is -0.410. The third kappa shape index (κ3) is 2.21. The van der Waals surface area contributed by atoms with Gasteiger partial charge in [0.15, 0.2) is 5.41 Å². The molecule has 1 saturated carbocycles. The van der Waals surface area contributed by atoms with E-state index in [1.54, 1.807) is 23.9 Å². The Bertz CT molecular complexity index is 824. The summed E-state index contributed by atoms with van der Waals surface area (Å²) in [6, 6.07) is 11.9. The van der Waals surface area contributed by atoms with Crippen LogP contribution in [0.2, 0.25) is 0 Å². The van der Waals surface area contributed by atoms with Crippen LogP contribution < -0.4 is 0 Å². The van der Waals surface area contributed by atoms with Gasteiger partial charge in [0.05, 0.1) is 23.9 Å². The minimum Gasteiger partial charge on any atom is -0.305 e. The maximum Gasteiger partial charge on any atom is 0.189 e. The number of halogens is 1. The summed E-state index contributed by atoms with van der Waals surface area (Å²) in [7, 11) is 0. The number of hydrogen-bond acceptors (Lipinski definition) is 5. The van der Waals surface area contributed by atoms with Crippen LogP contribution in [-0.2, 0) is 0 Å². The molecule has 1 aromatic rings. The molecule has 0 bridgehead atoms. The van der Waals surface area contributed by atoms with E-state index in [1.807, 2.05) is 18.2 Å². The highest BCUT2D eigenvalue weighted by Crippen LogP contribution is 2.54. The van der Waals surface area contributed by atoms with Crippen molar-refractivity contribution in [3.8, 4) is 18.2 Å². The highest BCUT2D eigenvalue weighted by atomic mass is 32.2. The number of benzene rings is 1. The van der Waals surface area contributed by atoms with E-state index in [-0.39, 0.29) is 11.6 Å². The molecule has 1 aliphatic heterocycles. The van der Waals surface area contributed by atoms with Crippen molar-refractivity contribution in [3.63, 3.8) is 0 Å². The zero-order chi connectivity index (χ0) is 17.3. The molecule has 6 heteroatoms. The van der Waals surface area contributed by atoms with Crippen molar-refractivity contribution in [1.82, 2.24) is 0 Å². The van der Waals surface area contributed by atoms with E-state index >= 15 is 0 Å². The number of thioether (sulfide) groups is 1. The van der Waals surface area contributed by atoms with Crippen molar-refractivity contribution in [2.24, 2.45) is 17.3 Å². The average molecular weight is 336 g/mol. The second kappa shape index (κ2) is 6.11. The van der Waals surface area contributed by atoms with Crippen LogP contribution in [0.5, 0.6) is 0 Å². The zero-order valence-electron chi connectivity index (χ0n) is 12.7. The van der Waals surface area contributed by atoms with Crippen LogP contribution in [0.1, 0.15) is 11.5 Å². The topological polar surface area (TPSA) is 95.2 Å². The van der Waals surface area contributed by atoms with Gasteiger partial charge in [-0.05, 0) is 23.3 Å². The van der Waals surface area contributed by atoms with Gasteiger partial charge < -0.3 is 5.41 Å². The molecule has 0 amide bonds. The van der Waals surface area contributed by atoms with Crippen LogP contribution >= 0.6 is 11.8 Å². The van der Waals surface area contributed by atoms with Crippen molar-refractivity contribution in [1.29, 1.82) is 21.2 Å². The van der Waals surface area contributed by atoms with Gasteiger partial charge in [-0.3, -0.25) is 0 Å². The molecule has 0 radical (unpaired) electrons. The highest BCUT2D eigenvalue weighted by Gasteiger charge is 2.57. The van der Waals surface area contributed by atoms with Gasteiger partial charge in [0.2, 0.25) is 0 Å². The fraction of sp³-hybridized carbons (Fsp3) is 0.333. The van der Waals surface area contributed by atoms with Gasteiger partial charge in [-0.2, -0.15) is 27.5 Å². The lowest BCUT2D eigenvalue weighted by Crippen LogP contribution is -2.49. The van der Waals surface area contributed by atoms with E-state index in [9.17, 15) is 20.2 Å². The van der Waals surface area contributed by atoms with Crippen molar-refractivity contribution in [2.75, 3.05) is 11.5 Å². The van der Waals surface area contributed by atoms with Gasteiger partial charge in [0.25, 0.3) is 0 Å². The number of nitrogens with zero attached hydrogens (tertiary/aromatic N) is 3. The van der Waals surface area contributed by atoms with Crippen LogP contribution in [0.15, 0.2) is 35.9 Å². The molecular weight excluding hydrogens is 323 g/mol. The summed E-state index contributed by atoms with van der Waals surface area (Å²) in [4.78, 5) is 0. The number of nitrogens with one attached hydrogen (secondary N) is 1. The predicted octanol–water partition coefficient (Wildman–Crippen LogP) is 3.41. The summed E-state index contributed by atoms with van der Waals surface area (Å²) in [6.07, 6.45) is 1.94. The molecule has 1 fully saturated rings. The highest BCUT2D eigenvalue weighted by molar-refractivity contribution is 7.99. The van der Waals surface area contributed by atoms with Gasteiger partial charge >= 0.3 is 0 Å². The second-order valence-corrected chi connectivity index (χ2v) is 6.96. The lowest BCUT2D eigenvalue weighted by atomic mass is 9.55. The van der Waals surface area contributed by atoms with Crippen molar-refractivity contribution in [2.45, 2.75) is 5.92 Å². The summed E-state index contributed by atoms with van der Waals surface area (Å²) >= 11 is 1.67. The molecule has 1 N–H and O–H groups in total. The first kappa shape index (κ1) is 16.2. The van der Waals surface area contributed by atoms with Gasteiger partial charge in [-0.1, -0.05) is 18.2 Å². The maximum absolute atomic E-state index is 13.3. The Balaban J connectivity index is 2.24. The van der Waals surface area contributed by atoms with E-state index < -0.39 is 23.1 Å². The van der Waals surface area contributed by atoms with Crippen LogP contribution in [0.3, 0.4) is 0 Å². The van der Waals surface area contributed by atoms with Gasteiger partial charge in [0.1, 0.15) is 11.7 Å². The van der Waals surface area contributed by atoms with Crippen molar-refractivity contribution >= 4 is 17.5 Å². The van der Waals surface area contributed by atoms with Crippen molar-refractivity contribution < 1.29 is 4.39 Å². The molecule has 0 unspecified atom stereocenters. The van der Waals surface area contributed by atoms with Gasteiger partial charge in [-0.15, -0.1) is 0 Å². The number of allylic oxidation sites excluding steroid dienone is 1. The van der Waals surface area contributed by atoms with E-state index in [0.717, 1.165) is 11.3 Å². The first-order valence-electron chi connectivity index (χ1n) is 7.43. The molecule has 4 nitrogen and oxygen atoms in total. The first-order valence-corrected chi connectivity index (χ1v) is 8.58. The molecule has 3 rings (SSSR count). The Morgan fingerprint density at radius 2 is 1.83 bits per heavy atom. The largest absolute Gasteiger partial charge is 0.305 e. The summed E-state index contributed by atoms with van der Waals surface area (Å²) < 4.78 is 13.3. The summed E-state index contributed by atoms with van der Waals surface area (Å²) in [6.45, 7) is 0. The molecule has 118 valence electrons. The number of nitriles is 3. The Kier molecular flexibility index (Phi) is 4.14. The average Bonchev–Trinajstić information content (AvgIpc) is 2.62. The van der Waals surface area contributed by atoms with Crippen molar-refractivity contribution in [3.05, 3.63) is 47.3 Å². The van der Waals surface area contributed by atoms with Crippen LogP contribution in [0.4, 0.5) is 4.39 Å². The van der Waals surface area contributed by atoms with E-state index in [0.29, 0.717) is 11.3 Å². The quantitative estimate of drug-likeness (QED) is 0.795. The molecular formula is C18H13FN4S. The van der Waals surface area contributed by atoms with E-state index in [2.05, 4.69) is 6.07 Å². The Morgan fingerprint density at radius 3 is 2.42 bits per heavy atom. The molecule has 3 atom stereocenters. The minimum absolute atomic E-state index is 0.168. The Labute approximate surface area is 143 Å². The summed E-state index contributed by atoms with van der Waals surface area (Å²) in [5.74, 6) is -0.583. The SMILES string of the molecule is N#C[C@H]1C(=N)C(C#N)(C#N)[C@@H](c2ccc(F)cc2)[C@H]2CSCC=C12. The molecule has 0 spiro atoms. The van der Waals surface area contributed by atoms with Crippen LogP contribution in [0.25, 0.3) is 0 Å². The lowest BCUT2D eigenvalue weighted by molar-refractivity contribution is 0.378. The lowest BCUT2D eigenvalue weighted by Gasteiger charge is -2.45. The summed E-state index contributed by atoms with van der Waals surface area (Å²) in [5, 5.41) is 37.5. The maximum atomic E-state index is 13.3.